The van der Waals surface area contributed by atoms with E-state index in [1.165, 1.54) is 35.0 Å². The number of nitrogens with zero attached hydrogens (tertiary/aromatic N) is 1. The van der Waals surface area contributed by atoms with Gasteiger partial charge in [0.2, 0.25) is 0 Å². The van der Waals surface area contributed by atoms with E-state index in [1.54, 1.807) is 6.92 Å². The number of nitrogens with two attached hydrogens (primary N) is 1. The molecular weight excluding hydrogens is 297 g/mol. The SMILES string of the molecule is CCn1cc(NS(=O)(=O)c2ccc(N)c(F)c2)ccc1=O. The zero-order valence-corrected chi connectivity index (χ0v) is 12.0. The third-order valence-electron chi connectivity index (χ3n) is 2.86. The van der Waals surface area contributed by atoms with E-state index in [0.29, 0.717) is 6.54 Å². The maximum Gasteiger partial charge on any atom is 0.262 e. The normalized spacial score (nSPS) is 11.3. The fraction of sp³-hybridized carbons (Fsp3) is 0.154. The summed E-state index contributed by atoms with van der Waals surface area (Å²) < 4.78 is 41.3. The van der Waals surface area contributed by atoms with E-state index in [2.05, 4.69) is 4.72 Å². The van der Waals surface area contributed by atoms with Crippen LogP contribution in [-0.4, -0.2) is 13.0 Å². The highest BCUT2D eigenvalue weighted by Crippen LogP contribution is 2.19. The maximum absolute atomic E-state index is 13.4. The molecule has 0 unspecified atom stereocenters. The van der Waals surface area contributed by atoms with Gasteiger partial charge in [0.1, 0.15) is 5.82 Å². The maximum atomic E-state index is 13.4. The molecule has 1 aromatic carbocycles. The van der Waals surface area contributed by atoms with Crippen LogP contribution in [0.1, 0.15) is 6.92 Å². The van der Waals surface area contributed by atoms with Crippen molar-refractivity contribution >= 4 is 21.4 Å². The number of halogens is 1. The lowest BCUT2D eigenvalue weighted by Gasteiger charge is -2.10. The van der Waals surface area contributed by atoms with Crippen LogP contribution in [0, 0.1) is 5.82 Å². The summed E-state index contributed by atoms with van der Waals surface area (Å²) in [5.41, 5.74) is 5.16. The van der Waals surface area contributed by atoms with Gasteiger partial charge in [-0.2, -0.15) is 0 Å². The molecule has 2 rings (SSSR count). The van der Waals surface area contributed by atoms with E-state index in [1.807, 2.05) is 0 Å². The average molecular weight is 311 g/mol. The molecule has 0 aliphatic heterocycles. The summed E-state index contributed by atoms with van der Waals surface area (Å²) in [5, 5.41) is 0. The highest BCUT2D eigenvalue weighted by molar-refractivity contribution is 7.92. The minimum absolute atomic E-state index is 0.131. The van der Waals surface area contributed by atoms with Crippen molar-refractivity contribution in [2.75, 3.05) is 10.5 Å². The molecule has 1 heterocycles. The van der Waals surface area contributed by atoms with Crippen molar-refractivity contribution in [2.45, 2.75) is 18.4 Å². The number of nitrogens with one attached hydrogen (secondary N) is 1. The zero-order chi connectivity index (χ0) is 15.6. The first-order valence-electron chi connectivity index (χ1n) is 6.12. The molecule has 0 aliphatic rings. The molecule has 0 amide bonds. The van der Waals surface area contributed by atoms with Crippen molar-refractivity contribution in [1.29, 1.82) is 0 Å². The third-order valence-corrected chi connectivity index (χ3v) is 4.24. The molecule has 0 bridgehead atoms. The standard InChI is InChI=1S/C13H14FN3O3S/c1-2-17-8-9(3-6-13(17)18)16-21(19,20)10-4-5-12(15)11(14)7-10/h3-8,16H,2,15H2,1H3. The van der Waals surface area contributed by atoms with Crippen molar-refractivity contribution in [1.82, 2.24) is 4.57 Å². The Labute approximate surface area is 121 Å². The topological polar surface area (TPSA) is 94.2 Å². The summed E-state index contributed by atoms with van der Waals surface area (Å²) in [4.78, 5) is 11.2. The number of nitrogen functional groups attached to an aromatic ring is 1. The van der Waals surface area contributed by atoms with E-state index in [-0.39, 0.29) is 21.8 Å². The molecule has 2 aromatic rings. The number of aromatic nitrogens is 1. The summed E-state index contributed by atoms with van der Waals surface area (Å²) in [6.07, 6.45) is 1.38. The minimum Gasteiger partial charge on any atom is -0.396 e. The number of hydrogen-bond acceptors (Lipinski definition) is 4. The Kier molecular flexibility index (Phi) is 3.99. The van der Waals surface area contributed by atoms with Gasteiger partial charge < -0.3 is 10.3 Å². The van der Waals surface area contributed by atoms with E-state index < -0.39 is 15.8 Å². The van der Waals surface area contributed by atoms with Crippen molar-refractivity contribution < 1.29 is 12.8 Å². The lowest BCUT2D eigenvalue weighted by molar-refractivity contribution is 0.596. The van der Waals surface area contributed by atoms with Crippen LogP contribution < -0.4 is 16.0 Å². The molecule has 0 spiro atoms. The second kappa shape index (κ2) is 5.57. The van der Waals surface area contributed by atoms with Crippen LogP contribution in [0.4, 0.5) is 15.8 Å². The number of pyridine rings is 1. The van der Waals surface area contributed by atoms with Crippen LogP contribution in [0.3, 0.4) is 0 Å². The summed E-state index contributed by atoms with van der Waals surface area (Å²) in [7, 11) is -3.95. The zero-order valence-electron chi connectivity index (χ0n) is 11.2. The van der Waals surface area contributed by atoms with Crippen molar-refractivity contribution in [3.63, 3.8) is 0 Å². The smallest absolute Gasteiger partial charge is 0.262 e. The predicted molar refractivity (Wildman–Crippen MR) is 78.0 cm³/mol. The Bertz CT molecular complexity index is 831. The van der Waals surface area contributed by atoms with Crippen LogP contribution >= 0.6 is 0 Å². The summed E-state index contributed by atoms with van der Waals surface area (Å²) in [6, 6.07) is 5.82. The Morgan fingerprint density at radius 3 is 2.62 bits per heavy atom. The highest BCUT2D eigenvalue weighted by Gasteiger charge is 2.16. The molecular formula is C13H14FN3O3S. The number of aryl methyl sites for hydroxylation is 1. The van der Waals surface area contributed by atoms with Crippen molar-refractivity contribution in [3.8, 4) is 0 Å². The number of benzene rings is 1. The first-order chi connectivity index (χ1) is 9.83. The largest absolute Gasteiger partial charge is 0.396 e. The summed E-state index contributed by atoms with van der Waals surface area (Å²) in [5.74, 6) is -0.809. The molecule has 0 aliphatic carbocycles. The summed E-state index contributed by atoms with van der Waals surface area (Å²) >= 11 is 0. The second-order valence-corrected chi connectivity index (χ2v) is 6.01. The highest BCUT2D eigenvalue weighted by atomic mass is 32.2. The first kappa shape index (κ1) is 15.0. The Morgan fingerprint density at radius 1 is 1.29 bits per heavy atom. The Morgan fingerprint density at radius 2 is 2.00 bits per heavy atom. The van der Waals surface area contributed by atoms with Crippen LogP contribution in [0.5, 0.6) is 0 Å². The molecule has 21 heavy (non-hydrogen) atoms. The van der Waals surface area contributed by atoms with Crippen LogP contribution in [0.25, 0.3) is 0 Å². The lowest BCUT2D eigenvalue weighted by Crippen LogP contribution is -2.20. The predicted octanol–water partition coefficient (Wildman–Crippen LogP) is 1.39. The monoisotopic (exact) mass is 311 g/mol. The molecule has 1 aromatic heterocycles. The Hall–Kier alpha value is -2.35. The van der Waals surface area contributed by atoms with E-state index in [0.717, 1.165) is 6.07 Å². The van der Waals surface area contributed by atoms with Gasteiger partial charge in [-0.25, -0.2) is 12.8 Å². The van der Waals surface area contributed by atoms with Crippen LogP contribution in [0.15, 0.2) is 46.2 Å². The van der Waals surface area contributed by atoms with E-state index in [4.69, 9.17) is 5.73 Å². The fourth-order valence-corrected chi connectivity index (χ4v) is 2.78. The van der Waals surface area contributed by atoms with Crippen LogP contribution in [0.2, 0.25) is 0 Å². The van der Waals surface area contributed by atoms with Gasteiger partial charge in [-0.1, -0.05) is 0 Å². The average Bonchev–Trinajstić information content (AvgIpc) is 2.43. The van der Waals surface area contributed by atoms with Gasteiger partial charge in [-0.3, -0.25) is 9.52 Å². The number of rotatable bonds is 4. The molecule has 0 fully saturated rings. The van der Waals surface area contributed by atoms with Gasteiger partial charge in [0.05, 0.1) is 16.3 Å². The molecule has 0 radical (unpaired) electrons. The number of sulfonamides is 1. The van der Waals surface area contributed by atoms with Crippen LogP contribution in [-0.2, 0) is 16.6 Å². The van der Waals surface area contributed by atoms with E-state index >= 15 is 0 Å². The fourth-order valence-electron chi connectivity index (χ4n) is 1.73. The van der Waals surface area contributed by atoms with Gasteiger partial charge in [-0.05, 0) is 31.2 Å². The third kappa shape index (κ3) is 3.22. The Balaban J connectivity index is 2.37. The number of anilines is 2. The van der Waals surface area contributed by atoms with Gasteiger partial charge in [0.15, 0.2) is 0 Å². The molecule has 0 saturated carbocycles. The van der Waals surface area contributed by atoms with Crippen molar-refractivity contribution in [2.24, 2.45) is 0 Å². The molecule has 112 valence electrons. The molecule has 6 nitrogen and oxygen atoms in total. The minimum atomic E-state index is -3.95. The lowest BCUT2D eigenvalue weighted by atomic mass is 10.3. The molecule has 8 heteroatoms. The quantitative estimate of drug-likeness (QED) is 0.834. The molecule has 0 saturated heterocycles. The van der Waals surface area contributed by atoms with Gasteiger partial charge >= 0.3 is 0 Å². The first-order valence-corrected chi connectivity index (χ1v) is 7.60. The van der Waals surface area contributed by atoms with E-state index in [9.17, 15) is 17.6 Å². The van der Waals surface area contributed by atoms with Crippen molar-refractivity contribution in [3.05, 3.63) is 52.7 Å². The summed E-state index contributed by atoms with van der Waals surface area (Å²) in [6.45, 7) is 2.17. The van der Waals surface area contributed by atoms with Gasteiger partial charge in [0, 0.05) is 18.8 Å². The van der Waals surface area contributed by atoms with Gasteiger partial charge in [0.25, 0.3) is 15.6 Å². The molecule has 0 atom stereocenters. The molecule has 3 N–H and O–H groups in total. The second-order valence-electron chi connectivity index (χ2n) is 4.33. The van der Waals surface area contributed by atoms with Gasteiger partial charge in [-0.15, -0.1) is 0 Å². The number of hydrogen-bond donors (Lipinski definition) is 2.